The van der Waals surface area contributed by atoms with Crippen LogP contribution < -0.4 is 19.3 Å². The lowest BCUT2D eigenvalue weighted by molar-refractivity contribution is 0.0826. The van der Waals surface area contributed by atoms with Crippen molar-refractivity contribution in [3.8, 4) is 11.5 Å². The topological polar surface area (TPSA) is 37.3 Å². The minimum atomic E-state index is -0.712. The Bertz CT molecular complexity index is 1280. The van der Waals surface area contributed by atoms with Crippen molar-refractivity contribution < 1.29 is 9.47 Å². The summed E-state index contributed by atoms with van der Waals surface area (Å²) in [5.74, 6) is 1.76. The van der Waals surface area contributed by atoms with E-state index in [1.807, 2.05) is 6.21 Å². The second-order valence-corrected chi connectivity index (χ2v) is 9.96. The highest BCUT2D eigenvalue weighted by Gasteiger charge is 2.59. The Morgan fingerprint density at radius 2 is 1.76 bits per heavy atom. The van der Waals surface area contributed by atoms with E-state index in [-0.39, 0.29) is 5.41 Å². The number of rotatable bonds is 2. The van der Waals surface area contributed by atoms with Crippen LogP contribution in [0.15, 0.2) is 53.5 Å². The van der Waals surface area contributed by atoms with Crippen molar-refractivity contribution in [1.29, 1.82) is 0 Å². The number of piperidine rings is 1. The molecular weight excluding hydrogens is 410 g/mol. The predicted molar refractivity (Wildman–Crippen MR) is 136 cm³/mol. The summed E-state index contributed by atoms with van der Waals surface area (Å²) in [7, 11) is 3.90. The minimum absolute atomic E-state index is 0.336. The molecule has 3 aromatic carbocycles. The fraction of sp³-hybridized carbons (Fsp3) is 0.393. The number of hydrogen-bond donors (Lipinski definition) is 0. The van der Waals surface area contributed by atoms with Crippen molar-refractivity contribution in [3.63, 3.8) is 0 Å². The average Bonchev–Trinajstić information content (AvgIpc) is 3.01. The van der Waals surface area contributed by atoms with Crippen molar-refractivity contribution in [3.05, 3.63) is 54.1 Å². The fourth-order valence-corrected chi connectivity index (χ4v) is 5.91. The summed E-state index contributed by atoms with van der Waals surface area (Å²) >= 11 is 0. The Kier molecular flexibility index (Phi) is 4.42. The van der Waals surface area contributed by atoms with Crippen molar-refractivity contribution in [2.45, 2.75) is 44.2 Å². The molecule has 3 heterocycles. The molecule has 33 heavy (non-hydrogen) atoms. The van der Waals surface area contributed by atoms with Gasteiger partial charge in [0.05, 0.1) is 24.4 Å². The van der Waals surface area contributed by atoms with E-state index < -0.39 is 5.72 Å². The van der Waals surface area contributed by atoms with Gasteiger partial charge in [0.25, 0.3) is 0 Å². The Balaban J connectivity index is 1.47. The van der Waals surface area contributed by atoms with Crippen molar-refractivity contribution in [1.82, 2.24) is 0 Å². The first-order valence-corrected chi connectivity index (χ1v) is 11.9. The molecule has 1 fully saturated rings. The number of benzene rings is 3. The van der Waals surface area contributed by atoms with Crippen LogP contribution in [0.3, 0.4) is 0 Å². The average molecular weight is 442 g/mol. The molecule has 1 atom stereocenters. The van der Waals surface area contributed by atoms with Gasteiger partial charge in [-0.05, 0) is 62.3 Å². The van der Waals surface area contributed by atoms with Gasteiger partial charge in [0.2, 0.25) is 5.72 Å². The molecule has 1 saturated heterocycles. The van der Waals surface area contributed by atoms with Gasteiger partial charge in [-0.3, -0.25) is 4.99 Å². The molecule has 3 aliphatic heterocycles. The van der Waals surface area contributed by atoms with Gasteiger partial charge < -0.3 is 19.3 Å². The van der Waals surface area contributed by atoms with Gasteiger partial charge in [-0.25, -0.2) is 0 Å². The first-order chi connectivity index (χ1) is 16.0. The van der Waals surface area contributed by atoms with Crippen LogP contribution in [0.4, 0.5) is 17.1 Å². The van der Waals surface area contributed by atoms with E-state index in [0.29, 0.717) is 0 Å². The van der Waals surface area contributed by atoms with E-state index in [4.69, 9.17) is 14.5 Å². The third kappa shape index (κ3) is 2.74. The summed E-state index contributed by atoms with van der Waals surface area (Å²) in [6.45, 7) is 6.64. The second kappa shape index (κ2) is 7.14. The molecule has 1 spiro atoms. The molecule has 1 unspecified atom stereocenters. The van der Waals surface area contributed by atoms with E-state index in [0.717, 1.165) is 35.7 Å². The number of ether oxygens (including phenoxy) is 2. The first kappa shape index (κ1) is 20.4. The highest BCUT2D eigenvalue weighted by atomic mass is 16.5. The standard InChI is InChI=1S/C28H31N3O2/c1-27(2)21-16-25(32-4)23(31-14-8-5-9-15-31)17-22(21)30(3)28(27)18-29-26-20-11-7-6-10-19(20)12-13-24(26)33-28/h6-7,10-13,16-18H,5,8-9,14-15H2,1-4H3. The van der Waals surface area contributed by atoms with Gasteiger partial charge in [0.1, 0.15) is 17.2 Å². The number of fused-ring (bicyclic) bond motifs is 4. The number of anilines is 2. The number of nitrogens with zero attached hydrogens (tertiary/aromatic N) is 3. The molecule has 5 heteroatoms. The number of hydrogen-bond acceptors (Lipinski definition) is 5. The van der Waals surface area contributed by atoms with E-state index in [9.17, 15) is 0 Å². The highest BCUT2D eigenvalue weighted by Crippen LogP contribution is 2.56. The van der Waals surface area contributed by atoms with Gasteiger partial charge in [0, 0.05) is 31.2 Å². The zero-order valence-electron chi connectivity index (χ0n) is 19.9. The maximum absolute atomic E-state index is 6.88. The Morgan fingerprint density at radius 1 is 0.970 bits per heavy atom. The maximum atomic E-state index is 6.88. The van der Waals surface area contributed by atoms with E-state index in [1.165, 1.54) is 41.6 Å². The van der Waals surface area contributed by atoms with Gasteiger partial charge in [-0.1, -0.05) is 30.3 Å². The SMILES string of the molecule is COc1cc2c(cc1N1CCCCC1)N(C)C1(C=Nc3c(ccc4ccccc34)O1)C2(C)C. The van der Waals surface area contributed by atoms with E-state index in [1.54, 1.807) is 7.11 Å². The van der Waals surface area contributed by atoms with E-state index in [2.05, 4.69) is 79.2 Å². The van der Waals surface area contributed by atoms with Gasteiger partial charge >= 0.3 is 0 Å². The molecule has 0 bridgehead atoms. The van der Waals surface area contributed by atoms with Gasteiger partial charge in [-0.2, -0.15) is 0 Å². The summed E-state index contributed by atoms with van der Waals surface area (Å²) in [5, 5.41) is 2.29. The Morgan fingerprint density at radius 3 is 2.55 bits per heavy atom. The molecule has 170 valence electrons. The highest BCUT2D eigenvalue weighted by molar-refractivity contribution is 6.00. The van der Waals surface area contributed by atoms with Crippen LogP contribution >= 0.6 is 0 Å². The third-order valence-electron chi connectivity index (χ3n) is 7.92. The smallest absolute Gasteiger partial charge is 0.228 e. The van der Waals surface area contributed by atoms with Crippen LogP contribution in [-0.4, -0.2) is 39.2 Å². The second-order valence-electron chi connectivity index (χ2n) is 9.96. The van der Waals surface area contributed by atoms with Crippen LogP contribution in [-0.2, 0) is 5.41 Å². The van der Waals surface area contributed by atoms with Crippen molar-refractivity contribution in [2.75, 3.05) is 37.0 Å². The minimum Gasteiger partial charge on any atom is -0.495 e. The summed E-state index contributed by atoms with van der Waals surface area (Å²) in [5.41, 5.74) is 3.43. The van der Waals surface area contributed by atoms with E-state index >= 15 is 0 Å². The molecule has 3 aliphatic rings. The monoisotopic (exact) mass is 441 g/mol. The lowest BCUT2D eigenvalue weighted by Crippen LogP contribution is -2.61. The van der Waals surface area contributed by atoms with Gasteiger partial charge in [0.15, 0.2) is 0 Å². The molecule has 0 radical (unpaired) electrons. The summed E-state index contributed by atoms with van der Waals surface area (Å²) in [6, 6.07) is 17.0. The lowest BCUT2D eigenvalue weighted by atomic mass is 9.77. The number of aliphatic imine (C=N–C) groups is 1. The molecule has 0 aromatic heterocycles. The normalized spacial score (nSPS) is 22.9. The van der Waals surface area contributed by atoms with Crippen LogP contribution in [0, 0.1) is 0 Å². The third-order valence-corrected chi connectivity index (χ3v) is 7.92. The summed E-state index contributed by atoms with van der Waals surface area (Å²) in [6.07, 6.45) is 5.77. The molecule has 0 aliphatic carbocycles. The van der Waals surface area contributed by atoms with Crippen LogP contribution in [0.1, 0.15) is 38.7 Å². The maximum Gasteiger partial charge on any atom is 0.228 e. The quantitative estimate of drug-likeness (QED) is 0.485. The summed E-state index contributed by atoms with van der Waals surface area (Å²) in [4.78, 5) is 9.73. The molecular formula is C28H31N3O2. The van der Waals surface area contributed by atoms with Crippen LogP contribution in [0.25, 0.3) is 10.8 Å². The molecule has 6 rings (SSSR count). The number of likely N-dealkylation sites (N-methyl/N-ethyl adjacent to an activating group) is 1. The Labute approximate surface area is 195 Å². The molecule has 0 saturated carbocycles. The zero-order valence-corrected chi connectivity index (χ0v) is 19.9. The van der Waals surface area contributed by atoms with Crippen LogP contribution in [0.5, 0.6) is 11.5 Å². The fourth-order valence-electron chi connectivity index (χ4n) is 5.91. The molecule has 3 aromatic rings. The largest absolute Gasteiger partial charge is 0.495 e. The van der Waals surface area contributed by atoms with Crippen molar-refractivity contribution in [2.24, 2.45) is 4.99 Å². The number of methoxy groups -OCH3 is 1. The Hall–Kier alpha value is -3.21. The lowest BCUT2D eigenvalue weighted by Gasteiger charge is -2.45. The zero-order chi connectivity index (χ0) is 22.8. The summed E-state index contributed by atoms with van der Waals surface area (Å²) < 4.78 is 12.8. The predicted octanol–water partition coefficient (Wildman–Crippen LogP) is 6.06. The van der Waals surface area contributed by atoms with Crippen LogP contribution in [0.2, 0.25) is 0 Å². The van der Waals surface area contributed by atoms with Gasteiger partial charge in [-0.15, -0.1) is 0 Å². The molecule has 0 N–H and O–H groups in total. The first-order valence-electron chi connectivity index (χ1n) is 11.9. The van der Waals surface area contributed by atoms with Crippen molar-refractivity contribution >= 4 is 34.0 Å². The molecule has 5 nitrogen and oxygen atoms in total. The molecule has 0 amide bonds.